The average molecular weight is 338 g/mol. The van der Waals surface area contributed by atoms with E-state index in [4.69, 9.17) is 0 Å². The molecular formula is C15H15FN2O2S2. The molecule has 0 fully saturated rings. The molecule has 0 saturated heterocycles. The lowest BCUT2D eigenvalue weighted by atomic mass is 10.1. The van der Waals surface area contributed by atoms with Gasteiger partial charge in [-0.25, -0.2) is 22.1 Å². The number of nitrogens with zero attached hydrogens (tertiary/aromatic N) is 2. The van der Waals surface area contributed by atoms with Crippen LogP contribution >= 0.6 is 11.8 Å². The van der Waals surface area contributed by atoms with E-state index < -0.39 is 10.0 Å². The van der Waals surface area contributed by atoms with Gasteiger partial charge in [0.2, 0.25) is 10.0 Å². The molecule has 0 saturated carbocycles. The van der Waals surface area contributed by atoms with Crippen molar-refractivity contribution in [2.24, 2.45) is 0 Å². The molecule has 0 unspecified atom stereocenters. The van der Waals surface area contributed by atoms with Crippen LogP contribution in [0, 0.1) is 12.7 Å². The summed E-state index contributed by atoms with van der Waals surface area (Å²) in [5, 5.41) is 0. The van der Waals surface area contributed by atoms with Gasteiger partial charge >= 0.3 is 0 Å². The standard InChI is InChI=1S/C15H15FN2O2S2/c1-3-22(19,20)18-9-21-13-8-10(2)14(17-15(13)18)11-6-4-5-7-12(11)16/h4-8H,3,9H2,1-2H3. The number of hydrogen-bond donors (Lipinski definition) is 0. The molecule has 2 heterocycles. The Morgan fingerprint density at radius 3 is 2.77 bits per heavy atom. The highest BCUT2D eigenvalue weighted by atomic mass is 32.2. The summed E-state index contributed by atoms with van der Waals surface area (Å²) in [6.07, 6.45) is 0. The van der Waals surface area contributed by atoms with Crippen LogP contribution in [0.25, 0.3) is 11.3 Å². The van der Waals surface area contributed by atoms with E-state index >= 15 is 0 Å². The van der Waals surface area contributed by atoms with Gasteiger partial charge in [0.25, 0.3) is 0 Å². The number of fused-ring (bicyclic) bond motifs is 1. The highest BCUT2D eigenvalue weighted by Gasteiger charge is 2.31. The summed E-state index contributed by atoms with van der Waals surface area (Å²) in [5.41, 5.74) is 1.69. The number of benzene rings is 1. The zero-order chi connectivity index (χ0) is 15.9. The van der Waals surface area contributed by atoms with Crippen LogP contribution in [-0.4, -0.2) is 25.0 Å². The van der Waals surface area contributed by atoms with E-state index in [1.54, 1.807) is 25.1 Å². The molecule has 3 rings (SSSR count). The SMILES string of the molecule is CCS(=O)(=O)N1CSc2cc(C)c(-c3ccccc3F)nc21. The molecule has 7 heteroatoms. The monoisotopic (exact) mass is 338 g/mol. The van der Waals surface area contributed by atoms with E-state index in [9.17, 15) is 12.8 Å². The zero-order valence-corrected chi connectivity index (χ0v) is 13.8. The van der Waals surface area contributed by atoms with E-state index in [0.29, 0.717) is 23.0 Å². The number of aromatic nitrogens is 1. The third-order valence-corrected chi connectivity index (χ3v) is 6.43. The number of sulfonamides is 1. The number of pyridine rings is 1. The van der Waals surface area contributed by atoms with Crippen LogP contribution in [0.1, 0.15) is 12.5 Å². The summed E-state index contributed by atoms with van der Waals surface area (Å²) < 4.78 is 39.7. The van der Waals surface area contributed by atoms with Crippen molar-refractivity contribution in [3.63, 3.8) is 0 Å². The third kappa shape index (κ3) is 2.48. The van der Waals surface area contributed by atoms with Crippen molar-refractivity contribution >= 4 is 27.6 Å². The van der Waals surface area contributed by atoms with Gasteiger partial charge in [-0.05, 0) is 37.6 Å². The summed E-state index contributed by atoms with van der Waals surface area (Å²) >= 11 is 1.43. The smallest absolute Gasteiger partial charge is 0.236 e. The summed E-state index contributed by atoms with van der Waals surface area (Å²) in [6, 6.07) is 8.25. The van der Waals surface area contributed by atoms with Crippen LogP contribution in [0.3, 0.4) is 0 Å². The van der Waals surface area contributed by atoms with Crippen molar-refractivity contribution in [2.75, 3.05) is 15.9 Å². The highest BCUT2D eigenvalue weighted by molar-refractivity contribution is 8.02. The number of anilines is 1. The second-order valence-electron chi connectivity index (χ2n) is 4.98. The van der Waals surface area contributed by atoms with Gasteiger partial charge in [0.15, 0.2) is 5.82 Å². The van der Waals surface area contributed by atoms with E-state index in [0.717, 1.165) is 10.5 Å². The van der Waals surface area contributed by atoms with E-state index in [1.807, 2.05) is 13.0 Å². The molecule has 4 nitrogen and oxygen atoms in total. The molecule has 0 bridgehead atoms. The Kier molecular flexibility index (Phi) is 3.86. The second kappa shape index (κ2) is 5.55. The number of hydrogen-bond acceptors (Lipinski definition) is 4. The maximum atomic E-state index is 14.0. The number of rotatable bonds is 3. The maximum absolute atomic E-state index is 14.0. The number of thioether (sulfide) groups is 1. The molecule has 0 spiro atoms. The molecule has 2 aromatic rings. The lowest BCUT2D eigenvalue weighted by Crippen LogP contribution is -2.30. The minimum Gasteiger partial charge on any atom is -0.242 e. The van der Waals surface area contributed by atoms with Crippen molar-refractivity contribution in [1.29, 1.82) is 0 Å². The minimum absolute atomic E-state index is 0.0115. The molecule has 1 aliphatic rings. The quantitative estimate of drug-likeness (QED) is 0.860. The Balaban J connectivity index is 2.17. The van der Waals surface area contributed by atoms with Gasteiger partial charge in [-0.2, -0.15) is 0 Å². The molecule has 22 heavy (non-hydrogen) atoms. The molecule has 1 aromatic carbocycles. The first kappa shape index (κ1) is 15.3. The van der Waals surface area contributed by atoms with Crippen molar-refractivity contribution in [2.45, 2.75) is 18.7 Å². The summed E-state index contributed by atoms with van der Waals surface area (Å²) in [5.74, 6) is 0.361. The predicted octanol–water partition coefficient (Wildman–Crippen LogP) is 3.42. The molecular weight excluding hydrogens is 323 g/mol. The van der Waals surface area contributed by atoms with Gasteiger partial charge in [0.1, 0.15) is 5.82 Å². The molecule has 0 amide bonds. The van der Waals surface area contributed by atoms with Crippen molar-refractivity contribution in [3.8, 4) is 11.3 Å². The first-order valence-corrected chi connectivity index (χ1v) is 9.43. The van der Waals surface area contributed by atoms with Gasteiger partial charge in [0, 0.05) is 5.56 Å². The topological polar surface area (TPSA) is 50.3 Å². The lowest BCUT2D eigenvalue weighted by Gasteiger charge is -2.17. The van der Waals surface area contributed by atoms with E-state index in [2.05, 4.69) is 4.98 Å². The van der Waals surface area contributed by atoms with Gasteiger partial charge in [0.05, 0.1) is 22.2 Å². The Hall–Kier alpha value is -1.60. The van der Waals surface area contributed by atoms with Crippen molar-refractivity contribution < 1.29 is 12.8 Å². The van der Waals surface area contributed by atoms with Crippen LogP contribution in [0.2, 0.25) is 0 Å². The maximum Gasteiger partial charge on any atom is 0.236 e. The van der Waals surface area contributed by atoms with Crippen LogP contribution in [0.15, 0.2) is 35.2 Å². The summed E-state index contributed by atoms with van der Waals surface area (Å²) in [7, 11) is -3.38. The molecule has 0 N–H and O–H groups in total. The van der Waals surface area contributed by atoms with Crippen molar-refractivity contribution in [3.05, 3.63) is 41.7 Å². The first-order chi connectivity index (χ1) is 10.4. The summed E-state index contributed by atoms with van der Waals surface area (Å²) in [6.45, 7) is 3.45. The van der Waals surface area contributed by atoms with Crippen LogP contribution < -0.4 is 4.31 Å². The molecule has 0 aliphatic carbocycles. The Morgan fingerprint density at radius 1 is 1.36 bits per heavy atom. The normalized spacial score (nSPS) is 14.2. The van der Waals surface area contributed by atoms with Gasteiger partial charge in [-0.15, -0.1) is 0 Å². The largest absolute Gasteiger partial charge is 0.242 e. The second-order valence-corrected chi connectivity index (χ2v) is 8.15. The Bertz CT molecular complexity index is 837. The van der Waals surface area contributed by atoms with Crippen LogP contribution in [-0.2, 0) is 10.0 Å². The Morgan fingerprint density at radius 2 is 2.09 bits per heavy atom. The van der Waals surface area contributed by atoms with E-state index in [-0.39, 0.29) is 11.6 Å². The van der Waals surface area contributed by atoms with Crippen LogP contribution in [0.4, 0.5) is 10.2 Å². The lowest BCUT2D eigenvalue weighted by molar-refractivity contribution is 0.594. The molecule has 1 aliphatic heterocycles. The molecule has 1 aromatic heterocycles. The minimum atomic E-state index is -3.38. The fraction of sp³-hybridized carbons (Fsp3) is 0.267. The predicted molar refractivity (Wildman–Crippen MR) is 87.0 cm³/mol. The zero-order valence-electron chi connectivity index (χ0n) is 12.2. The molecule has 116 valence electrons. The van der Waals surface area contributed by atoms with Crippen molar-refractivity contribution in [1.82, 2.24) is 4.98 Å². The fourth-order valence-electron chi connectivity index (χ4n) is 2.35. The Labute approximate surface area is 133 Å². The van der Waals surface area contributed by atoms with Gasteiger partial charge in [-0.1, -0.05) is 23.9 Å². The number of halogens is 1. The van der Waals surface area contributed by atoms with E-state index in [1.165, 1.54) is 22.1 Å². The fourth-order valence-corrected chi connectivity index (χ4v) is 4.84. The van der Waals surface area contributed by atoms with Crippen LogP contribution in [0.5, 0.6) is 0 Å². The highest BCUT2D eigenvalue weighted by Crippen LogP contribution is 2.41. The third-order valence-electron chi connectivity index (χ3n) is 3.56. The van der Waals surface area contributed by atoms with Gasteiger partial charge < -0.3 is 0 Å². The molecule has 0 radical (unpaired) electrons. The first-order valence-electron chi connectivity index (χ1n) is 6.84. The van der Waals surface area contributed by atoms with Gasteiger partial charge in [-0.3, -0.25) is 0 Å². The molecule has 0 atom stereocenters. The summed E-state index contributed by atoms with van der Waals surface area (Å²) in [4.78, 5) is 5.28. The number of aryl methyl sites for hydroxylation is 1. The average Bonchev–Trinajstić information content (AvgIpc) is 2.90.